The van der Waals surface area contributed by atoms with E-state index in [0.717, 1.165) is 37.9 Å². The highest BCUT2D eigenvalue weighted by atomic mass is 16.2. The van der Waals surface area contributed by atoms with Gasteiger partial charge in [-0.3, -0.25) is 9.48 Å². The van der Waals surface area contributed by atoms with E-state index in [1.807, 2.05) is 11.6 Å². The largest absolute Gasteiger partial charge is 0.356 e. The van der Waals surface area contributed by atoms with Gasteiger partial charge in [-0.1, -0.05) is 6.42 Å². The molecule has 1 amide bonds. The molecule has 1 fully saturated rings. The van der Waals surface area contributed by atoms with Gasteiger partial charge in [0.15, 0.2) is 0 Å². The van der Waals surface area contributed by atoms with Crippen LogP contribution in [0.5, 0.6) is 0 Å². The average molecular weight is 264 g/mol. The molecular formula is C14H24N4O. The van der Waals surface area contributed by atoms with Gasteiger partial charge in [0.2, 0.25) is 5.91 Å². The Hall–Kier alpha value is -1.36. The standard InChI is InChI=1S/C14H24N4O/c1-11-9-12(2)18(17-11)8-4-7-16-13(19)14(10-15)5-3-6-14/h9H,3-8,10,15H2,1-2H3,(H,16,19). The van der Waals surface area contributed by atoms with E-state index < -0.39 is 0 Å². The molecule has 3 N–H and O–H groups in total. The normalized spacial score (nSPS) is 17.0. The molecule has 5 heteroatoms. The lowest BCUT2D eigenvalue weighted by molar-refractivity contribution is -0.135. The van der Waals surface area contributed by atoms with E-state index >= 15 is 0 Å². The molecule has 106 valence electrons. The van der Waals surface area contributed by atoms with Gasteiger partial charge < -0.3 is 11.1 Å². The second kappa shape index (κ2) is 5.74. The predicted molar refractivity (Wildman–Crippen MR) is 74.7 cm³/mol. The molecule has 0 saturated heterocycles. The van der Waals surface area contributed by atoms with Crippen molar-refractivity contribution in [1.82, 2.24) is 15.1 Å². The van der Waals surface area contributed by atoms with Gasteiger partial charge in [-0.25, -0.2) is 0 Å². The summed E-state index contributed by atoms with van der Waals surface area (Å²) in [5.41, 5.74) is 7.65. The predicted octanol–water partition coefficient (Wildman–Crippen LogP) is 1.14. The molecule has 1 saturated carbocycles. The number of hydrogen-bond acceptors (Lipinski definition) is 3. The van der Waals surface area contributed by atoms with Gasteiger partial charge in [-0.2, -0.15) is 5.10 Å². The fourth-order valence-electron chi connectivity index (χ4n) is 2.65. The second-order valence-electron chi connectivity index (χ2n) is 5.60. The van der Waals surface area contributed by atoms with Gasteiger partial charge in [0.25, 0.3) is 0 Å². The van der Waals surface area contributed by atoms with Crippen molar-refractivity contribution in [3.8, 4) is 0 Å². The van der Waals surface area contributed by atoms with Crippen molar-refractivity contribution in [2.45, 2.75) is 46.1 Å². The molecule has 0 spiro atoms. The summed E-state index contributed by atoms with van der Waals surface area (Å²) >= 11 is 0. The summed E-state index contributed by atoms with van der Waals surface area (Å²) < 4.78 is 1.99. The minimum absolute atomic E-state index is 0.134. The Morgan fingerprint density at radius 1 is 1.53 bits per heavy atom. The van der Waals surface area contributed by atoms with Crippen LogP contribution in [0.2, 0.25) is 0 Å². The fourth-order valence-corrected chi connectivity index (χ4v) is 2.65. The third-order valence-corrected chi connectivity index (χ3v) is 4.12. The van der Waals surface area contributed by atoms with Crippen molar-refractivity contribution in [2.24, 2.45) is 11.1 Å². The lowest BCUT2D eigenvalue weighted by Crippen LogP contribution is -2.50. The summed E-state index contributed by atoms with van der Waals surface area (Å²) in [4.78, 5) is 12.0. The Labute approximate surface area is 114 Å². The number of aromatic nitrogens is 2. The maximum atomic E-state index is 12.0. The maximum Gasteiger partial charge on any atom is 0.227 e. The van der Waals surface area contributed by atoms with Crippen molar-refractivity contribution >= 4 is 5.91 Å². The first kappa shape index (κ1) is 14.1. The van der Waals surface area contributed by atoms with Crippen LogP contribution in [0.15, 0.2) is 6.07 Å². The van der Waals surface area contributed by atoms with Crippen LogP contribution in [-0.2, 0) is 11.3 Å². The zero-order valence-electron chi connectivity index (χ0n) is 11.9. The van der Waals surface area contributed by atoms with Crippen LogP contribution in [0.4, 0.5) is 0 Å². The first-order valence-corrected chi connectivity index (χ1v) is 7.07. The molecule has 0 radical (unpaired) electrons. The van der Waals surface area contributed by atoms with Crippen molar-refractivity contribution in [3.05, 3.63) is 17.5 Å². The summed E-state index contributed by atoms with van der Waals surface area (Å²) in [6.07, 6.45) is 3.89. The van der Waals surface area contributed by atoms with E-state index in [4.69, 9.17) is 5.73 Å². The molecule has 1 aromatic rings. The maximum absolute atomic E-state index is 12.0. The quantitative estimate of drug-likeness (QED) is 0.757. The van der Waals surface area contributed by atoms with Crippen LogP contribution in [0.3, 0.4) is 0 Å². The van der Waals surface area contributed by atoms with E-state index in [9.17, 15) is 4.79 Å². The van der Waals surface area contributed by atoms with Gasteiger partial charge in [0.05, 0.1) is 11.1 Å². The van der Waals surface area contributed by atoms with Crippen LogP contribution in [0.1, 0.15) is 37.1 Å². The summed E-state index contributed by atoms with van der Waals surface area (Å²) in [6.45, 7) is 6.05. The van der Waals surface area contributed by atoms with E-state index in [2.05, 4.69) is 23.4 Å². The monoisotopic (exact) mass is 264 g/mol. The van der Waals surface area contributed by atoms with Crippen molar-refractivity contribution in [1.29, 1.82) is 0 Å². The highest BCUT2D eigenvalue weighted by Crippen LogP contribution is 2.39. The molecule has 19 heavy (non-hydrogen) atoms. The number of amides is 1. The SMILES string of the molecule is Cc1cc(C)n(CCCNC(=O)C2(CN)CCC2)n1. The number of aryl methyl sites for hydroxylation is 3. The first-order valence-electron chi connectivity index (χ1n) is 7.07. The zero-order chi connectivity index (χ0) is 13.9. The minimum Gasteiger partial charge on any atom is -0.356 e. The summed E-state index contributed by atoms with van der Waals surface area (Å²) in [5, 5.41) is 7.42. The molecule has 0 bridgehead atoms. The number of carbonyl (C=O) groups is 1. The van der Waals surface area contributed by atoms with E-state index in [-0.39, 0.29) is 11.3 Å². The van der Waals surface area contributed by atoms with Crippen molar-refractivity contribution in [2.75, 3.05) is 13.1 Å². The van der Waals surface area contributed by atoms with Crippen molar-refractivity contribution in [3.63, 3.8) is 0 Å². The Morgan fingerprint density at radius 3 is 2.74 bits per heavy atom. The van der Waals surface area contributed by atoms with E-state index in [0.29, 0.717) is 13.1 Å². The van der Waals surface area contributed by atoms with Crippen LogP contribution in [0, 0.1) is 19.3 Å². The van der Waals surface area contributed by atoms with Crippen LogP contribution in [-0.4, -0.2) is 28.8 Å². The summed E-state index contributed by atoms with van der Waals surface area (Å²) in [7, 11) is 0. The van der Waals surface area contributed by atoms with E-state index in [1.165, 1.54) is 5.69 Å². The molecule has 0 aromatic carbocycles. The number of rotatable bonds is 6. The zero-order valence-corrected chi connectivity index (χ0v) is 11.9. The molecule has 0 aliphatic heterocycles. The van der Waals surface area contributed by atoms with Gasteiger partial charge in [-0.05, 0) is 39.2 Å². The third-order valence-electron chi connectivity index (χ3n) is 4.12. The number of nitrogens with one attached hydrogen (secondary N) is 1. The minimum atomic E-state index is -0.266. The van der Waals surface area contributed by atoms with Crippen LogP contribution in [0.25, 0.3) is 0 Å². The van der Waals surface area contributed by atoms with Gasteiger partial charge in [-0.15, -0.1) is 0 Å². The topological polar surface area (TPSA) is 72.9 Å². The molecule has 1 aliphatic rings. The lowest BCUT2D eigenvalue weighted by Gasteiger charge is -2.39. The molecule has 0 atom stereocenters. The van der Waals surface area contributed by atoms with Gasteiger partial charge in [0, 0.05) is 25.3 Å². The molecule has 0 unspecified atom stereocenters. The number of nitrogens with zero attached hydrogens (tertiary/aromatic N) is 2. The Morgan fingerprint density at radius 2 is 2.26 bits per heavy atom. The molecule has 5 nitrogen and oxygen atoms in total. The molecular weight excluding hydrogens is 240 g/mol. The first-order chi connectivity index (χ1) is 9.07. The number of carbonyl (C=O) groups excluding carboxylic acids is 1. The Bertz CT molecular complexity index is 443. The number of nitrogens with two attached hydrogens (primary N) is 1. The fraction of sp³-hybridized carbons (Fsp3) is 0.714. The average Bonchev–Trinajstić information content (AvgIpc) is 2.63. The summed E-state index contributed by atoms with van der Waals surface area (Å²) in [5.74, 6) is 0.134. The van der Waals surface area contributed by atoms with Gasteiger partial charge >= 0.3 is 0 Å². The Kier molecular flexibility index (Phi) is 4.24. The van der Waals surface area contributed by atoms with Crippen LogP contribution >= 0.6 is 0 Å². The highest BCUT2D eigenvalue weighted by molar-refractivity contribution is 5.83. The molecule has 2 rings (SSSR count). The highest BCUT2D eigenvalue weighted by Gasteiger charge is 2.42. The molecule has 1 aliphatic carbocycles. The molecule has 1 heterocycles. The van der Waals surface area contributed by atoms with E-state index in [1.54, 1.807) is 0 Å². The summed E-state index contributed by atoms with van der Waals surface area (Å²) in [6, 6.07) is 2.07. The van der Waals surface area contributed by atoms with Crippen molar-refractivity contribution < 1.29 is 4.79 Å². The van der Waals surface area contributed by atoms with Crippen LogP contribution < -0.4 is 11.1 Å². The smallest absolute Gasteiger partial charge is 0.227 e. The van der Waals surface area contributed by atoms with Gasteiger partial charge in [0.1, 0.15) is 0 Å². The number of hydrogen-bond donors (Lipinski definition) is 2. The second-order valence-corrected chi connectivity index (χ2v) is 5.60. The molecule has 1 aromatic heterocycles. The lowest BCUT2D eigenvalue weighted by atomic mass is 9.68. The third kappa shape index (κ3) is 2.97. The Balaban J connectivity index is 1.72.